The summed E-state index contributed by atoms with van der Waals surface area (Å²) in [6.07, 6.45) is 6.50. The monoisotopic (exact) mass is 138 g/mol. The molecule has 1 aliphatic rings. The van der Waals surface area contributed by atoms with Crippen LogP contribution in [0.5, 0.6) is 0 Å². The van der Waals surface area contributed by atoms with Crippen LogP contribution in [0.3, 0.4) is 0 Å². The highest BCUT2D eigenvalue weighted by Crippen LogP contribution is 2.31. The van der Waals surface area contributed by atoms with Gasteiger partial charge in [0, 0.05) is 17.9 Å². The topological polar surface area (TPSA) is 9.23 Å². The fourth-order valence-electron chi connectivity index (χ4n) is 1.22. The maximum atomic E-state index is 5.38. The molecule has 0 saturated carbocycles. The normalized spacial score (nSPS) is 26.3. The molecule has 1 rings (SSSR count). The lowest BCUT2D eigenvalue weighted by atomic mass is 9.79. The van der Waals surface area contributed by atoms with E-state index in [9.17, 15) is 0 Å². The molecule has 56 valence electrons. The van der Waals surface area contributed by atoms with Gasteiger partial charge in [0.05, 0.1) is 6.61 Å². The Bertz CT molecular complexity index is 147. The maximum absolute atomic E-state index is 5.38. The molecule has 10 heavy (non-hydrogen) atoms. The van der Waals surface area contributed by atoms with Crippen molar-refractivity contribution in [3.8, 4) is 12.3 Å². The van der Waals surface area contributed by atoms with Gasteiger partial charge in [0.15, 0.2) is 0 Å². The molecule has 0 aromatic heterocycles. The Hall–Kier alpha value is -0.480. The highest BCUT2D eigenvalue weighted by Gasteiger charge is 2.30. The van der Waals surface area contributed by atoms with Crippen molar-refractivity contribution in [2.45, 2.75) is 20.3 Å². The maximum Gasteiger partial charge on any atom is 0.0509 e. The SMILES string of the molecule is C#CC(C)(C)[C@@H]1CCOC1. The van der Waals surface area contributed by atoms with Crippen molar-refractivity contribution in [2.24, 2.45) is 11.3 Å². The molecule has 1 heterocycles. The summed E-state index contributed by atoms with van der Waals surface area (Å²) in [6.45, 7) is 5.94. The number of rotatable bonds is 1. The standard InChI is InChI=1S/C9H14O/c1-4-9(2,3)8-5-6-10-7-8/h1,8H,5-7H2,2-3H3/t8-/m1/s1. The fraction of sp³-hybridized carbons (Fsp3) is 0.778. The predicted molar refractivity (Wildman–Crippen MR) is 41.5 cm³/mol. The molecule has 1 heteroatoms. The zero-order valence-corrected chi connectivity index (χ0v) is 6.68. The van der Waals surface area contributed by atoms with E-state index in [-0.39, 0.29) is 5.41 Å². The second-order valence-corrected chi connectivity index (χ2v) is 3.43. The number of hydrogen-bond acceptors (Lipinski definition) is 1. The van der Waals surface area contributed by atoms with Gasteiger partial charge in [0.1, 0.15) is 0 Å². The minimum atomic E-state index is 0.0243. The summed E-state index contributed by atoms with van der Waals surface area (Å²) in [5.74, 6) is 3.37. The number of ether oxygens (including phenoxy) is 1. The van der Waals surface area contributed by atoms with Crippen molar-refractivity contribution in [3.05, 3.63) is 0 Å². The second kappa shape index (κ2) is 2.64. The van der Waals surface area contributed by atoms with Crippen LogP contribution in [0.2, 0.25) is 0 Å². The zero-order chi connectivity index (χ0) is 7.61. The Morgan fingerprint density at radius 3 is 2.70 bits per heavy atom. The predicted octanol–water partition coefficient (Wildman–Crippen LogP) is 1.68. The molecule has 1 saturated heterocycles. The smallest absolute Gasteiger partial charge is 0.0509 e. The average molecular weight is 138 g/mol. The van der Waals surface area contributed by atoms with Crippen LogP contribution in [0.1, 0.15) is 20.3 Å². The summed E-state index contributed by atoms with van der Waals surface area (Å²) in [4.78, 5) is 0. The molecular formula is C9H14O. The van der Waals surface area contributed by atoms with Crippen molar-refractivity contribution in [1.29, 1.82) is 0 Å². The molecule has 1 fully saturated rings. The van der Waals surface area contributed by atoms with Gasteiger partial charge in [-0.25, -0.2) is 0 Å². The molecule has 1 atom stereocenters. The Labute approximate surface area is 62.8 Å². The van der Waals surface area contributed by atoms with E-state index in [0.29, 0.717) is 5.92 Å². The van der Waals surface area contributed by atoms with Gasteiger partial charge < -0.3 is 4.74 Å². The lowest BCUT2D eigenvalue weighted by molar-refractivity contribution is 0.165. The van der Waals surface area contributed by atoms with Gasteiger partial charge in [-0.1, -0.05) is 0 Å². The van der Waals surface area contributed by atoms with Crippen LogP contribution < -0.4 is 0 Å². The zero-order valence-electron chi connectivity index (χ0n) is 6.68. The first-order valence-corrected chi connectivity index (χ1v) is 3.72. The van der Waals surface area contributed by atoms with E-state index in [1.54, 1.807) is 0 Å². The first kappa shape index (κ1) is 7.63. The van der Waals surface area contributed by atoms with Gasteiger partial charge in [0.2, 0.25) is 0 Å². The molecule has 0 amide bonds. The van der Waals surface area contributed by atoms with E-state index in [2.05, 4.69) is 19.8 Å². The molecule has 0 spiro atoms. The number of terminal acetylenes is 1. The molecule has 0 aliphatic carbocycles. The third-order valence-electron chi connectivity index (χ3n) is 2.32. The molecule has 0 aromatic carbocycles. The van der Waals surface area contributed by atoms with Gasteiger partial charge >= 0.3 is 0 Å². The van der Waals surface area contributed by atoms with Crippen LogP contribution in [-0.2, 0) is 4.74 Å². The molecule has 1 nitrogen and oxygen atoms in total. The lowest BCUT2D eigenvalue weighted by Gasteiger charge is -2.23. The van der Waals surface area contributed by atoms with Crippen molar-refractivity contribution in [3.63, 3.8) is 0 Å². The van der Waals surface area contributed by atoms with Crippen LogP contribution in [-0.4, -0.2) is 13.2 Å². The Morgan fingerprint density at radius 2 is 2.30 bits per heavy atom. The van der Waals surface area contributed by atoms with Crippen LogP contribution in [0, 0.1) is 23.7 Å². The van der Waals surface area contributed by atoms with Crippen molar-refractivity contribution in [1.82, 2.24) is 0 Å². The molecule has 0 bridgehead atoms. The van der Waals surface area contributed by atoms with Crippen LogP contribution in [0.25, 0.3) is 0 Å². The molecule has 1 aliphatic heterocycles. The first-order chi connectivity index (χ1) is 4.67. The largest absolute Gasteiger partial charge is 0.381 e. The van der Waals surface area contributed by atoms with E-state index in [4.69, 9.17) is 11.2 Å². The van der Waals surface area contributed by atoms with Gasteiger partial charge in [-0.2, -0.15) is 0 Å². The third kappa shape index (κ3) is 1.33. The number of hydrogen-bond donors (Lipinski definition) is 0. The minimum absolute atomic E-state index is 0.0243. The molecule has 0 N–H and O–H groups in total. The van der Waals surface area contributed by atoms with E-state index >= 15 is 0 Å². The Morgan fingerprint density at radius 1 is 1.60 bits per heavy atom. The highest BCUT2D eigenvalue weighted by molar-refractivity contribution is 5.04. The van der Waals surface area contributed by atoms with E-state index in [1.807, 2.05) is 0 Å². The summed E-state index contributed by atoms with van der Waals surface area (Å²) in [7, 11) is 0. The average Bonchev–Trinajstić information content (AvgIpc) is 2.38. The summed E-state index contributed by atoms with van der Waals surface area (Å²) < 4.78 is 5.25. The van der Waals surface area contributed by atoms with E-state index in [1.165, 1.54) is 0 Å². The Kier molecular flexibility index (Phi) is 2.01. The van der Waals surface area contributed by atoms with Gasteiger partial charge in [0.25, 0.3) is 0 Å². The van der Waals surface area contributed by atoms with E-state index in [0.717, 1.165) is 19.6 Å². The van der Waals surface area contributed by atoms with Crippen molar-refractivity contribution in [2.75, 3.05) is 13.2 Å². The molecule has 0 unspecified atom stereocenters. The Balaban J connectivity index is 2.56. The summed E-state index contributed by atoms with van der Waals surface area (Å²) >= 11 is 0. The molecule has 0 radical (unpaired) electrons. The first-order valence-electron chi connectivity index (χ1n) is 3.72. The van der Waals surface area contributed by atoms with Gasteiger partial charge in [-0.3, -0.25) is 0 Å². The summed E-state index contributed by atoms with van der Waals surface area (Å²) in [5.41, 5.74) is 0.0243. The van der Waals surface area contributed by atoms with Crippen LogP contribution >= 0.6 is 0 Å². The van der Waals surface area contributed by atoms with E-state index < -0.39 is 0 Å². The fourth-order valence-corrected chi connectivity index (χ4v) is 1.22. The quantitative estimate of drug-likeness (QED) is 0.501. The molecular weight excluding hydrogens is 124 g/mol. The van der Waals surface area contributed by atoms with Crippen molar-refractivity contribution < 1.29 is 4.74 Å². The second-order valence-electron chi connectivity index (χ2n) is 3.43. The highest BCUT2D eigenvalue weighted by atomic mass is 16.5. The third-order valence-corrected chi connectivity index (χ3v) is 2.32. The van der Waals surface area contributed by atoms with Crippen molar-refractivity contribution >= 4 is 0 Å². The van der Waals surface area contributed by atoms with Gasteiger partial charge in [-0.05, 0) is 20.3 Å². The lowest BCUT2D eigenvalue weighted by Crippen LogP contribution is -2.21. The van der Waals surface area contributed by atoms with Crippen LogP contribution in [0.15, 0.2) is 0 Å². The van der Waals surface area contributed by atoms with Gasteiger partial charge in [-0.15, -0.1) is 12.3 Å². The summed E-state index contributed by atoms with van der Waals surface area (Å²) in [6, 6.07) is 0. The minimum Gasteiger partial charge on any atom is -0.381 e. The summed E-state index contributed by atoms with van der Waals surface area (Å²) in [5, 5.41) is 0. The molecule has 0 aromatic rings. The van der Waals surface area contributed by atoms with Crippen LogP contribution in [0.4, 0.5) is 0 Å².